The first kappa shape index (κ1) is 15.9. The summed E-state index contributed by atoms with van der Waals surface area (Å²) in [5.41, 5.74) is 1.70. The average molecular weight is 337 g/mol. The topological polar surface area (TPSA) is 41.1 Å². The molecule has 2 aromatic carbocycles. The van der Waals surface area contributed by atoms with Gasteiger partial charge in [0.25, 0.3) is 0 Å². The Morgan fingerprint density at radius 2 is 1.87 bits per heavy atom. The number of halogens is 3. The smallest absolute Gasteiger partial charge is 0.211 e. The Bertz CT molecular complexity index is 739. The Labute approximate surface area is 137 Å². The van der Waals surface area contributed by atoms with Gasteiger partial charge in [0.2, 0.25) is 6.41 Å². The molecule has 0 spiro atoms. The van der Waals surface area contributed by atoms with Crippen molar-refractivity contribution < 1.29 is 13.6 Å². The van der Waals surface area contributed by atoms with Crippen molar-refractivity contribution in [3.05, 3.63) is 64.2 Å². The quantitative estimate of drug-likeness (QED) is 0.837. The standard InChI is InChI=1S/C17H15ClF2N2O/c18-15-3-1-2-12(17(15)20)14-8-21-7-13(14)11-5-4-10(19)6-16(11)22-9-23/h1-6,9,13-14,21H,7-8H2,(H,22,23). The molecular weight excluding hydrogens is 322 g/mol. The summed E-state index contributed by atoms with van der Waals surface area (Å²) in [6.45, 7) is 1.19. The minimum absolute atomic E-state index is 0.0819. The Hall–Kier alpha value is -1.98. The summed E-state index contributed by atoms with van der Waals surface area (Å²) in [5.74, 6) is -1.10. The van der Waals surface area contributed by atoms with E-state index in [1.165, 1.54) is 18.2 Å². The second kappa shape index (κ2) is 6.64. The molecule has 23 heavy (non-hydrogen) atoms. The maximum absolute atomic E-state index is 14.4. The molecule has 2 aromatic rings. The molecule has 3 rings (SSSR count). The number of hydrogen-bond acceptors (Lipinski definition) is 2. The van der Waals surface area contributed by atoms with Gasteiger partial charge in [-0.3, -0.25) is 4.79 Å². The maximum atomic E-state index is 14.4. The highest BCUT2D eigenvalue weighted by Gasteiger charge is 2.33. The van der Waals surface area contributed by atoms with Gasteiger partial charge in [-0.2, -0.15) is 0 Å². The number of hydrogen-bond donors (Lipinski definition) is 2. The molecule has 2 N–H and O–H groups in total. The molecule has 120 valence electrons. The number of rotatable bonds is 4. The van der Waals surface area contributed by atoms with E-state index < -0.39 is 11.6 Å². The fourth-order valence-corrected chi connectivity index (χ4v) is 3.36. The van der Waals surface area contributed by atoms with E-state index in [2.05, 4.69) is 10.6 Å². The van der Waals surface area contributed by atoms with E-state index in [0.717, 1.165) is 5.56 Å². The van der Waals surface area contributed by atoms with Crippen molar-refractivity contribution in [2.75, 3.05) is 18.4 Å². The number of nitrogens with one attached hydrogen (secondary N) is 2. The Balaban J connectivity index is 2.02. The van der Waals surface area contributed by atoms with Gasteiger partial charge in [0.1, 0.15) is 11.6 Å². The van der Waals surface area contributed by atoms with Crippen molar-refractivity contribution in [1.29, 1.82) is 0 Å². The normalized spacial score (nSPS) is 20.5. The van der Waals surface area contributed by atoms with Gasteiger partial charge < -0.3 is 10.6 Å². The molecule has 0 aliphatic carbocycles. The van der Waals surface area contributed by atoms with Gasteiger partial charge in [0, 0.05) is 30.6 Å². The summed E-state index contributed by atoms with van der Waals surface area (Å²) in [6.07, 6.45) is 0.510. The van der Waals surface area contributed by atoms with Crippen LogP contribution in [-0.4, -0.2) is 19.5 Å². The van der Waals surface area contributed by atoms with E-state index in [4.69, 9.17) is 11.6 Å². The number of carbonyl (C=O) groups excluding carboxylic acids is 1. The lowest BCUT2D eigenvalue weighted by Crippen LogP contribution is -2.13. The molecule has 6 heteroatoms. The summed E-state index contributed by atoms with van der Waals surface area (Å²) in [6, 6.07) is 9.18. The molecule has 1 amide bonds. The second-order valence-corrected chi connectivity index (χ2v) is 5.92. The van der Waals surface area contributed by atoms with Gasteiger partial charge in [-0.05, 0) is 29.3 Å². The molecular formula is C17H15ClF2N2O. The van der Waals surface area contributed by atoms with Crippen molar-refractivity contribution >= 4 is 23.7 Å². The third-order valence-electron chi connectivity index (χ3n) is 4.22. The summed E-state index contributed by atoms with van der Waals surface area (Å²) in [7, 11) is 0. The molecule has 1 heterocycles. The van der Waals surface area contributed by atoms with Crippen LogP contribution in [0, 0.1) is 11.6 Å². The van der Waals surface area contributed by atoms with Crippen LogP contribution in [0.3, 0.4) is 0 Å². The van der Waals surface area contributed by atoms with Gasteiger partial charge in [-0.1, -0.05) is 29.8 Å². The van der Waals surface area contributed by atoms with Gasteiger partial charge in [-0.15, -0.1) is 0 Å². The molecule has 0 radical (unpaired) electrons. The molecule has 1 saturated heterocycles. The fourth-order valence-electron chi connectivity index (χ4n) is 3.18. The Morgan fingerprint density at radius 3 is 2.61 bits per heavy atom. The number of benzene rings is 2. The third kappa shape index (κ3) is 3.07. The van der Waals surface area contributed by atoms with Gasteiger partial charge in [-0.25, -0.2) is 8.78 Å². The Kier molecular flexibility index (Phi) is 4.59. The lowest BCUT2D eigenvalue weighted by atomic mass is 9.83. The van der Waals surface area contributed by atoms with Crippen molar-refractivity contribution in [2.45, 2.75) is 11.8 Å². The zero-order chi connectivity index (χ0) is 16.4. The van der Waals surface area contributed by atoms with E-state index in [1.807, 2.05) is 0 Å². The lowest BCUT2D eigenvalue weighted by molar-refractivity contribution is -0.105. The zero-order valence-electron chi connectivity index (χ0n) is 12.2. The fraction of sp³-hybridized carbons (Fsp3) is 0.235. The predicted molar refractivity (Wildman–Crippen MR) is 85.8 cm³/mol. The van der Waals surface area contributed by atoms with E-state index in [1.54, 1.807) is 18.2 Å². The average Bonchev–Trinajstić information content (AvgIpc) is 3.00. The van der Waals surface area contributed by atoms with Crippen LogP contribution in [0.25, 0.3) is 0 Å². The molecule has 1 aliphatic heterocycles. The first-order valence-electron chi connectivity index (χ1n) is 7.26. The minimum atomic E-state index is -0.436. The zero-order valence-corrected chi connectivity index (χ0v) is 12.9. The van der Waals surface area contributed by atoms with Crippen LogP contribution in [-0.2, 0) is 4.79 Å². The first-order valence-corrected chi connectivity index (χ1v) is 7.64. The number of anilines is 1. The molecule has 1 fully saturated rings. The molecule has 0 aromatic heterocycles. The highest BCUT2D eigenvalue weighted by atomic mass is 35.5. The van der Waals surface area contributed by atoms with Crippen molar-refractivity contribution in [1.82, 2.24) is 5.32 Å². The summed E-state index contributed by atoms with van der Waals surface area (Å²) < 4.78 is 27.8. The van der Waals surface area contributed by atoms with Crippen LogP contribution in [0.15, 0.2) is 36.4 Å². The van der Waals surface area contributed by atoms with Crippen LogP contribution < -0.4 is 10.6 Å². The van der Waals surface area contributed by atoms with Crippen molar-refractivity contribution in [3.8, 4) is 0 Å². The molecule has 2 atom stereocenters. The van der Waals surface area contributed by atoms with Gasteiger partial charge >= 0.3 is 0 Å². The van der Waals surface area contributed by atoms with Crippen molar-refractivity contribution in [3.63, 3.8) is 0 Å². The highest BCUT2D eigenvalue weighted by Crippen LogP contribution is 2.40. The first-order chi connectivity index (χ1) is 11.1. The van der Waals surface area contributed by atoms with Crippen LogP contribution in [0.2, 0.25) is 5.02 Å². The second-order valence-electron chi connectivity index (χ2n) is 5.51. The van der Waals surface area contributed by atoms with E-state index in [9.17, 15) is 13.6 Å². The van der Waals surface area contributed by atoms with E-state index >= 15 is 0 Å². The van der Waals surface area contributed by atoms with E-state index in [0.29, 0.717) is 30.8 Å². The Morgan fingerprint density at radius 1 is 1.13 bits per heavy atom. The van der Waals surface area contributed by atoms with E-state index in [-0.39, 0.29) is 16.9 Å². The molecule has 3 nitrogen and oxygen atoms in total. The SMILES string of the molecule is O=CNc1cc(F)ccc1C1CNCC1c1cccc(Cl)c1F. The van der Waals surface area contributed by atoms with Gasteiger partial charge in [0.05, 0.1) is 5.02 Å². The number of amides is 1. The number of carbonyl (C=O) groups is 1. The summed E-state index contributed by atoms with van der Waals surface area (Å²) in [4.78, 5) is 10.8. The summed E-state index contributed by atoms with van der Waals surface area (Å²) >= 11 is 5.88. The van der Waals surface area contributed by atoms with Crippen LogP contribution in [0.4, 0.5) is 14.5 Å². The maximum Gasteiger partial charge on any atom is 0.211 e. The van der Waals surface area contributed by atoms with Gasteiger partial charge in [0.15, 0.2) is 0 Å². The molecule has 1 aliphatic rings. The largest absolute Gasteiger partial charge is 0.328 e. The predicted octanol–water partition coefficient (Wildman–Crippen LogP) is 3.66. The third-order valence-corrected chi connectivity index (χ3v) is 4.52. The van der Waals surface area contributed by atoms with Crippen LogP contribution in [0.5, 0.6) is 0 Å². The minimum Gasteiger partial charge on any atom is -0.328 e. The molecule has 0 bridgehead atoms. The monoisotopic (exact) mass is 336 g/mol. The van der Waals surface area contributed by atoms with Crippen molar-refractivity contribution in [2.24, 2.45) is 0 Å². The molecule has 0 saturated carbocycles. The highest BCUT2D eigenvalue weighted by molar-refractivity contribution is 6.30. The molecule has 2 unspecified atom stereocenters. The van der Waals surface area contributed by atoms with Crippen LogP contribution >= 0.6 is 11.6 Å². The van der Waals surface area contributed by atoms with Crippen LogP contribution in [0.1, 0.15) is 23.0 Å². The summed E-state index contributed by atoms with van der Waals surface area (Å²) in [5, 5.41) is 5.84. The lowest BCUT2D eigenvalue weighted by Gasteiger charge is -2.22.